The Morgan fingerprint density at radius 3 is 2.26 bits per heavy atom. The zero-order valence-corrected chi connectivity index (χ0v) is 10.5. The van der Waals surface area contributed by atoms with Gasteiger partial charge in [0, 0.05) is 18.6 Å². The number of phenols is 1. The van der Waals surface area contributed by atoms with Crippen LogP contribution in [0.4, 0.5) is 5.69 Å². The summed E-state index contributed by atoms with van der Waals surface area (Å²) >= 11 is 0. The van der Waals surface area contributed by atoms with Crippen LogP contribution >= 0.6 is 0 Å². The summed E-state index contributed by atoms with van der Waals surface area (Å²) in [6.07, 6.45) is -2.57. The molecule has 1 amide bonds. The topological polar surface area (TPSA) is 99.5 Å². The number of hydrogen-bond acceptors (Lipinski definition) is 6. The number of aliphatic hydroxyl groups is 2. The third kappa shape index (κ3) is 2.18. The molecule has 7 heteroatoms. The molecule has 19 heavy (non-hydrogen) atoms. The molecule has 0 radical (unpaired) electrons. The summed E-state index contributed by atoms with van der Waals surface area (Å²) < 4.78 is 10.1. The Kier molecular flexibility index (Phi) is 3.50. The van der Waals surface area contributed by atoms with Crippen molar-refractivity contribution < 1.29 is 29.6 Å². The number of anilines is 1. The van der Waals surface area contributed by atoms with Gasteiger partial charge in [0.2, 0.25) is 0 Å². The third-order valence-corrected chi connectivity index (χ3v) is 2.99. The average Bonchev–Trinajstić information content (AvgIpc) is 2.63. The van der Waals surface area contributed by atoms with E-state index in [1.807, 2.05) is 0 Å². The van der Waals surface area contributed by atoms with E-state index in [4.69, 9.17) is 9.47 Å². The van der Waals surface area contributed by atoms with Crippen molar-refractivity contribution in [1.29, 1.82) is 0 Å². The molecule has 104 valence electrons. The molecule has 0 unspecified atom stereocenters. The fraction of sp³-hybridized carbons (Fsp3) is 0.417. The zero-order chi connectivity index (χ0) is 14.2. The molecule has 0 spiro atoms. The highest BCUT2D eigenvalue weighted by molar-refractivity contribution is 6.00. The van der Waals surface area contributed by atoms with Crippen molar-refractivity contribution in [2.45, 2.75) is 18.8 Å². The molecule has 1 aromatic carbocycles. The number of phenolic OH excluding ortho intramolecular Hbond substituents is 1. The maximum atomic E-state index is 11.8. The van der Waals surface area contributed by atoms with E-state index in [1.54, 1.807) is 0 Å². The molecular formula is C12H15NO6. The second kappa shape index (κ2) is 4.94. The minimum absolute atomic E-state index is 0.0618. The van der Waals surface area contributed by atoms with Gasteiger partial charge in [0.15, 0.2) is 11.5 Å². The summed E-state index contributed by atoms with van der Waals surface area (Å²) in [5.74, 6) is -0.323. The molecule has 1 aliphatic rings. The molecule has 2 rings (SSSR count). The molecule has 0 aromatic heterocycles. The van der Waals surface area contributed by atoms with Gasteiger partial charge in [0.05, 0.1) is 19.9 Å². The Hall–Kier alpha value is -1.99. The number of hydrogen-bond donors (Lipinski definition) is 3. The normalized spacial score (nSPS) is 22.7. The predicted octanol–water partition coefficient (Wildman–Crippen LogP) is -0.175. The zero-order valence-electron chi connectivity index (χ0n) is 10.5. The second-order valence-corrected chi connectivity index (χ2v) is 4.14. The predicted molar refractivity (Wildman–Crippen MR) is 65.3 cm³/mol. The minimum atomic E-state index is -1.28. The van der Waals surface area contributed by atoms with Crippen LogP contribution in [0.25, 0.3) is 0 Å². The maximum Gasteiger partial charge on any atom is 0.258 e. The number of rotatable bonds is 3. The molecule has 0 aliphatic carbocycles. The molecule has 0 bridgehead atoms. The highest BCUT2D eigenvalue weighted by atomic mass is 16.5. The molecule has 1 aliphatic heterocycles. The van der Waals surface area contributed by atoms with E-state index in [-0.39, 0.29) is 17.9 Å². The van der Waals surface area contributed by atoms with Crippen molar-refractivity contribution in [1.82, 2.24) is 0 Å². The van der Waals surface area contributed by atoms with Crippen LogP contribution in [0.15, 0.2) is 12.1 Å². The van der Waals surface area contributed by atoms with E-state index in [1.165, 1.54) is 26.4 Å². The quantitative estimate of drug-likeness (QED) is 0.704. The lowest BCUT2D eigenvalue weighted by Gasteiger charge is -2.22. The standard InChI is InChI=1S/C12H15NO6/c1-18-9-3-6(7(14)4-10(9)19-2)13-11(16)5-8(15)12(13)17/h3-4,8,11,14-16H,5H2,1-2H3/t8-,11-/m1/s1. The first-order valence-corrected chi connectivity index (χ1v) is 5.63. The monoisotopic (exact) mass is 269 g/mol. The van der Waals surface area contributed by atoms with Gasteiger partial charge in [-0.05, 0) is 0 Å². The number of nitrogens with zero attached hydrogens (tertiary/aromatic N) is 1. The summed E-state index contributed by atoms with van der Waals surface area (Å²) in [5, 5.41) is 29.1. The van der Waals surface area contributed by atoms with Crippen LogP contribution in [0.1, 0.15) is 6.42 Å². The van der Waals surface area contributed by atoms with Crippen molar-refractivity contribution in [3.05, 3.63) is 12.1 Å². The van der Waals surface area contributed by atoms with Crippen LogP contribution in [0.3, 0.4) is 0 Å². The van der Waals surface area contributed by atoms with Gasteiger partial charge < -0.3 is 24.8 Å². The van der Waals surface area contributed by atoms with Crippen LogP contribution in [-0.4, -0.2) is 47.8 Å². The van der Waals surface area contributed by atoms with Crippen molar-refractivity contribution in [3.63, 3.8) is 0 Å². The smallest absolute Gasteiger partial charge is 0.258 e. The molecule has 2 atom stereocenters. The van der Waals surface area contributed by atoms with E-state index < -0.39 is 18.2 Å². The summed E-state index contributed by atoms with van der Waals surface area (Å²) in [5.41, 5.74) is 0.0618. The van der Waals surface area contributed by atoms with Gasteiger partial charge in [0.25, 0.3) is 5.91 Å². The first-order chi connectivity index (χ1) is 8.99. The summed E-state index contributed by atoms with van der Waals surface area (Å²) in [4.78, 5) is 12.7. The first-order valence-electron chi connectivity index (χ1n) is 5.63. The number of carbonyl (C=O) groups excluding carboxylic acids is 1. The second-order valence-electron chi connectivity index (χ2n) is 4.14. The number of methoxy groups -OCH3 is 2. The number of aromatic hydroxyl groups is 1. The summed E-state index contributed by atoms with van der Waals surface area (Å²) in [6, 6.07) is 2.65. The maximum absolute atomic E-state index is 11.8. The van der Waals surface area contributed by atoms with Gasteiger partial charge in [-0.15, -0.1) is 0 Å². The molecule has 3 N–H and O–H groups in total. The van der Waals surface area contributed by atoms with Gasteiger partial charge in [-0.2, -0.15) is 0 Å². The minimum Gasteiger partial charge on any atom is -0.506 e. The largest absolute Gasteiger partial charge is 0.506 e. The van der Waals surface area contributed by atoms with E-state index in [9.17, 15) is 20.1 Å². The number of amides is 1. The molecule has 1 aromatic rings. The fourth-order valence-electron chi connectivity index (χ4n) is 2.04. The number of ether oxygens (including phenoxy) is 2. The van der Waals surface area contributed by atoms with Crippen molar-refractivity contribution in [3.8, 4) is 17.2 Å². The van der Waals surface area contributed by atoms with E-state index in [0.29, 0.717) is 11.5 Å². The van der Waals surface area contributed by atoms with Crippen LogP contribution in [0.2, 0.25) is 0 Å². The third-order valence-electron chi connectivity index (χ3n) is 2.99. The Morgan fingerprint density at radius 1 is 1.21 bits per heavy atom. The van der Waals surface area contributed by atoms with Crippen LogP contribution in [0, 0.1) is 0 Å². The van der Waals surface area contributed by atoms with Crippen LogP contribution < -0.4 is 14.4 Å². The molecule has 1 heterocycles. The number of carbonyl (C=O) groups is 1. The van der Waals surface area contributed by atoms with Gasteiger partial charge in [-0.1, -0.05) is 0 Å². The Labute approximate surface area is 109 Å². The highest BCUT2D eigenvalue weighted by Gasteiger charge is 2.39. The molecule has 1 fully saturated rings. The molecular weight excluding hydrogens is 254 g/mol. The van der Waals surface area contributed by atoms with Crippen molar-refractivity contribution in [2.75, 3.05) is 19.1 Å². The van der Waals surface area contributed by atoms with Gasteiger partial charge in [-0.25, -0.2) is 0 Å². The lowest BCUT2D eigenvalue weighted by molar-refractivity contribution is -0.124. The van der Waals surface area contributed by atoms with E-state index >= 15 is 0 Å². The van der Waals surface area contributed by atoms with Gasteiger partial charge in [-0.3, -0.25) is 9.69 Å². The molecule has 7 nitrogen and oxygen atoms in total. The average molecular weight is 269 g/mol. The van der Waals surface area contributed by atoms with Crippen molar-refractivity contribution in [2.24, 2.45) is 0 Å². The van der Waals surface area contributed by atoms with Gasteiger partial charge in [0.1, 0.15) is 18.1 Å². The molecule has 0 saturated carbocycles. The molecule has 1 saturated heterocycles. The van der Waals surface area contributed by atoms with Crippen molar-refractivity contribution >= 4 is 11.6 Å². The van der Waals surface area contributed by atoms with E-state index in [0.717, 1.165) is 4.90 Å². The first kappa shape index (κ1) is 13.4. The summed E-state index contributed by atoms with van der Waals surface area (Å²) in [6.45, 7) is 0. The SMILES string of the molecule is COc1cc(O)c(N2C(=O)[C@H](O)C[C@H]2O)cc1OC. The Morgan fingerprint density at radius 2 is 1.79 bits per heavy atom. The number of benzene rings is 1. The number of aliphatic hydroxyl groups excluding tert-OH is 2. The Bertz CT molecular complexity index is 503. The highest BCUT2D eigenvalue weighted by Crippen LogP contribution is 2.41. The van der Waals surface area contributed by atoms with Crippen LogP contribution in [-0.2, 0) is 4.79 Å². The summed E-state index contributed by atoms with van der Waals surface area (Å²) in [7, 11) is 2.83. The van der Waals surface area contributed by atoms with Gasteiger partial charge >= 0.3 is 0 Å². The van der Waals surface area contributed by atoms with E-state index in [2.05, 4.69) is 0 Å². The lowest BCUT2D eigenvalue weighted by atomic mass is 10.2. The lowest BCUT2D eigenvalue weighted by Crippen LogP contribution is -2.34. The van der Waals surface area contributed by atoms with Crippen LogP contribution in [0.5, 0.6) is 17.2 Å². The fourth-order valence-corrected chi connectivity index (χ4v) is 2.04. The Balaban J connectivity index is 2.48.